The molecule has 4 N–H and O–H groups in total. The number of aryl methyl sites for hydroxylation is 3. The molecule has 0 bridgehead atoms. The maximum atomic E-state index is 11.5. The predicted octanol–water partition coefficient (Wildman–Crippen LogP) is 3.91. The van der Waals surface area contributed by atoms with Gasteiger partial charge in [-0.2, -0.15) is 0 Å². The molecule has 0 atom stereocenters. The summed E-state index contributed by atoms with van der Waals surface area (Å²) in [5.74, 6) is 1.40. The zero-order valence-corrected chi connectivity index (χ0v) is 14.1. The van der Waals surface area contributed by atoms with Crippen LogP contribution in [0.5, 0.6) is 0 Å². The number of nitrogens with two attached hydrogens (primary N) is 1. The third kappa shape index (κ3) is 3.06. The zero-order valence-electron chi connectivity index (χ0n) is 14.1. The van der Waals surface area contributed by atoms with E-state index >= 15 is 0 Å². The van der Waals surface area contributed by atoms with Crippen molar-refractivity contribution in [2.75, 3.05) is 5.32 Å². The van der Waals surface area contributed by atoms with E-state index in [0.717, 1.165) is 39.7 Å². The summed E-state index contributed by atoms with van der Waals surface area (Å²) < 4.78 is 5.70. The number of amides is 1. The van der Waals surface area contributed by atoms with E-state index in [4.69, 9.17) is 10.2 Å². The first-order chi connectivity index (χ1) is 11.5. The van der Waals surface area contributed by atoms with E-state index in [1.54, 1.807) is 6.07 Å². The van der Waals surface area contributed by atoms with E-state index in [1.807, 2.05) is 51.1 Å². The molecule has 0 fully saturated rings. The fraction of sp³-hybridized carbons (Fsp3) is 0.211. The Morgan fingerprint density at radius 3 is 2.58 bits per heavy atom. The van der Waals surface area contributed by atoms with Crippen molar-refractivity contribution in [3.8, 4) is 11.3 Å². The molecule has 2 aromatic heterocycles. The number of benzene rings is 1. The van der Waals surface area contributed by atoms with Crippen LogP contribution in [0.15, 0.2) is 40.8 Å². The van der Waals surface area contributed by atoms with Crippen LogP contribution in [0.3, 0.4) is 0 Å². The Morgan fingerprint density at radius 2 is 1.96 bits per heavy atom. The Hall–Kier alpha value is -2.95. The van der Waals surface area contributed by atoms with E-state index in [0.29, 0.717) is 12.1 Å². The molecule has 1 aromatic carbocycles. The minimum Gasteiger partial charge on any atom is -0.464 e. The molecule has 1 amide bonds. The van der Waals surface area contributed by atoms with Gasteiger partial charge in [0.25, 0.3) is 5.91 Å². The highest BCUT2D eigenvalue weighted by atomic mass is 16.3. The van der Waals surface area contributed by atoms with E-state index in [1.165, 1.54) is 0 Å². The Balaban J connectivity index is 1.88. The molecule has 124 valence electrons. The van der Waals surface area contributed by atoms with Crippen molar-refractivity contribution in [3.63, 3.8) is 0 Å². The van der Waals surface area contributed by atoms with Crippen LogP contribution in [0, 0.1) is 20.8 Å². The summed E-state index contributed by atoms with van der Waals surface area (Å²) in [4.78, 5) is 14.7. The standard InChI is InChI=1S/C19H21N3O2/c1-11-8-14(24-13(11)3)10-21-17-7-5-4-6-15(17)18-9-16(19(20)23)12(2)22-18/h4-9,21-22H,10H2,1-3H3,(H2,20,23). The van der Waals surface area contributed by atoms with Crippen LogP contribution in [0.2, 0.25) is 0 Å². The van der Waals surface area contributed by atoms with Crippen molar-refractivity contribution in [1.82, 2.24) is 4.98 Å². The number of anilines is 1. The fourth-order valence-corrected chi connectivity index (χ4v) is 2.75. The molecule has 0 radical (unpaired) electrons. The van der Waals surface area contributed by atoms with Crippen molar-refractivity contribution < 1.29 is 9.21 Å². The number of furan rings is 1. The van der Waals surface area contributed by atoms with Crippen LogP contribution >= 0.6 is 0 Å². The van der Waals surface area contributed by atoms with Gasteiger partial charge in [-0.3, -0.25) is 4.79 Å². The van der Waals surface area contributed by atoms with Crippen molar-refractivity contribution in [2.45, 2.75) is 27.3 Å². The van der Waals surface area contributed by atoms with E-state index < -0.39 is 5.91 Å². The van der Waals surface area contributed by atoms with Crippen molar-refractivity contribution in [2.24, 2.45) is 5.73 Å². The third-order valence-electron chi connectivity index (χ3n) is 4.17. The summed E-state index contributed by atoms with van der Waals surface area (Å²) in [6.07, 6.45) is 0. The number of hydrogen-bond donors (Lipinski definition) is 3. The Bertz CT molecular complexity index is 870. The SMILES string of the molecule is Cc1cc(CNc2ccccc2-c2cc(C(N)=O)c(C)[nH]2)oc1C. The summed E-state index contributed by atoms with van der Waals surface area (Å²) in [6, 6.07) is 11.8. The third-order valence-corrected chi connectivity index (χ3v) is 4.17. The highest BCUT2D eigenvalue weighted by Gasteiger charge is 2.13. The number of carbonyl (C=O) groups is 1. The van der Waals surface area contributed by atoms with Gasteiger partial charge in [0.05, 0.1) is 12.1 Å². The number of para-hydroxylation sites is 1. The molecular formula is C19H21N3O2. The molecule has 3 aromatic rings. The number of primary amides is 1. The van der Waals surface area contributed by atoms with Crippen LogP contribution in [-0.2, 0) is 6.54 Å². The van der Waals surface area contributed by atoms with Crippen molar-refractivity contribution >= 4 is 11.6 Å². The van der Waals surface area contributed by atoms with Gasteiger partial charge in [0.2, 0.25) is 0 Å². The average Bonchev–Trinajstić information content (AvgIpc) is 3.08. The Kier molecular flexibility index (Phi) is 4.16. The Morgan fingerprint density at radius 1 is 1.21 bits per heavy atom. The zero-order chi connectivity index (χ0) is 17.3. The normalized spacial score (nSPS) is 10.8. The summed E-state index contributed by atoms with van der Waals surface area (Å²) in [7, 11) is 0. The van der Waals surface area contributed by atoms with Crippen molar-refractivity contribution in [3.05, 3.63) is 64.7 Å². The lowest BCUT2D eigenvalue weighted by atomic mass is 10.1. The maximum Gasteiger partial charge on any atom is 0.250 e. The molecule has 5 nitrogen and oxygen atoms in total. The van der Waals surface area contributed by atoms with Crippen molar-refractivity contribution in [1.29, 1.82) is 0 Å². The number of hydrogen-bond acceptors (Lipinski definition) is 3. The van der Waals surface area contributed by atoms with Gasteiger partial charge >= 0.3 is 0 Å². The van der Waals surface area contributed by atoms with Gasteiger partial charge in [-0.05, 0) is 44.5 Å². The molecule has 24 heavy (non-hydrogen) atoms. The average molecular weight is 323 g/mol. The van der Waals surface area contributed by atoms with Crippen LogP contribution in [0.4, 0.5) is 5.69 Å². The molecular weight excluding hydrogens is 302 g/mol. The highest BCUT2D eigenvalue weighted by Crippen LogP contribution is 2.29. The summed E-state index contributed by atoms with van der Waals surface area (Å²) in [6.45, 7) is 6.42. The lowest BCUT2D eigenvalue weighted by molar-refractivity contribution is 0.1000. The minimum atomic E-state index is -0.429. The van der Waals surface area contributed by atoms with E-state index in [2.05, 4.69) is 10.3 Å². The quantitative estimate of drug-likeness (QED) is 0.665. The Labute approximate surface area is 140 Å². The maximum absolute atomic E-state index is 11.5. The van der Waals surface area contributed by atoms with Gasteiger partial charge in [-0.1, -0.05) is 18.2 Å². The topological polar surface area (TPSA) is 84.0 Å². The molecule has 0 saturated heterocycles. The first-order valence-electron chi connectivity index (χ1n) is 7.84. The lowest BCUT2D eigenvalue weighted by Gasteiger charge is -2.10. The number of carbonyl (C=O) groups excluding carboxylic acids is 1. The van der Waals surface area contributed by atoms with Crippen LogP contribution < -0.4 is 11.1 Å². The number of aromatic amines is 1. The van der Waals surface area contributed by atoms with Crippen LogP contribution in [0.1, 0.15) is 33.1 Å². The molecule has 0 spiro atoms. The molecule has 2 heterocycles. The summed E-state index contributed by atoms with van der Waals surface area (Å²) >= 11 is 0. The van der Waals surface area contributed by atoms with Gasteiger partial charge in [-0.25, -0.2) is 0 Å². The second-order valence-corrected chi connectivity index (χ2v) is 5.94. The second-order valence-electron chi connectivity index (χ2n) is 5.94. The smallest absolute Gasteiger partial charge is 0.250 e. The molecule has 0 aliphatic carbocycles. The van der Waals surface area contributed by atoms with Gasteiger partial charge < -0.3 is 20.5 Å². The van der Waals surface area contributed by atoms with Gasteiger partial charge in [-0.15, -0.1) is 0 Å². The molecule has 0 unspecified atom stereocenters. The monoisotopic (exact) mass is 323 g/mol. The van der Waals surface area contributed by atoms with E-state index in [9.17, 15) is 4.79 Å². The predicted molar refractivity (Wildman–Crippen MR) is 95.0 cm³/mol. The number of H-pyrrole nitrogens is 1. The van der Waals surface area contributed by atoms with Gasteiger partial charge in [0.1, 0.15) is 11.5 Å². The first-order valence-corrected chi connectivity index (χ1v) is 7.84. The highest BCUT2D eigenvalue weighted by molar-refractivity contribution is 5.96. The molecule has 0 saturated carbocycles. The van der Waals surface area contributed by atoms with Gasteiger partial charge in [0, 0.05) is 22.6 Å². The second kappa shape index (κ2) is 6.28. The number of nitrogens with one attached hydrogen (secondary N) is 2. The molecule has 5 heteroatoms. The molecule has 0 aliphatic heterocycles. The number of rotatable bonds is 5. The fourth-order valence-electron chi connectivity index (χ4n) is 2.75. The summed E-state index contributed by atoms with van der Waals surface area (Å²) in [5.41, 5.74) is 10.6. The largest absolute Gasteiger partial charge is 0.464 e. The molecule has 0 aliphatic rings. The van der Waals surface area contributed by atoms with Crippen LogP contribution in [-0.4, -0.2) is 10.9 Å². The van der Waals surface area contributed by atoms with Crippen LogP contribution in [0.25, 0.3) is 11.3 Å². The first kappa shape index (κ1) is 15.9. The lowest BCUT2D eigenvalue weighted by Crippen LogP contribution is -2.10. The minimum absolute atomic E-state index is 0.429. The van der Waals surface area contributed by atoms with E-state index in [-0.39, 0.29) is 0 Å². The number of aromatic nitrogens is 1. The van der Waals surface area contributed by atoms with Gasteiger partial charge in [0.15, 0.2) is 0 Å². The summed E-state index contributed by atoms with van der Waals surface area (Å²) in [5, 5.41) is 3.40. The molecule has 3 rings (SSSR count).